The first-order chi connectivity index (χ1) is 12.6. The van der Waals surface area contributed by atoms with Gasteiger partial charge in [-0.3, -0.25) is 0 Å². The molecule has 3 atom stereocenters. The number of rotatable bonds is 3. The van der Waals surface area contributed by atoms with Crippen LogP contribution < -0.4 is 5.32 Å². The lowest BCUT2D eigenvalue weighted by molar-refractivity contribution is 0.0600. The molecule has 3 nitrogen and oxygen atoms in total. The van der Waals surface area contributed by atoms with E-state index in [1.54, 1.807) is 0 Å². The van der Waals surface area contributed by atoms with Crippen LogP contribution in [-0.2, 0) is 4.74 Å². The molecule has 0 fully saturated rings. The molecule has 2 aliphatic rings. The SMILES string of the molecule is COC(=O)c1ccc2c(c1)C1C=CCC1C(c1ccc(C(C)C)cc1)N2. The zero-order chi connectivity index (χ0) is 18.3. The van der Waals surface area contributed by atoms with E-state index >= 15 is 0 Å². The van der Waals surface area contributed by atoms with Gasteiger partial charge in [0.1, 0.15) is 0 Å². The number of ether oxygens (including phenoxy) is 1. The third-order valence-corrected chi connectivity index (χ3v) is 5.75. The highest BCUT2D eigenvalue weighted by Gasteiger charge is 2.38. The first-order valence-electron chi connectivity index (χ1n) is 9.34. The highest BCUT2D eigenvalue weighted by Crippen LogP contribution is 2.50. The van der Waals surface area contributed by atoms with Gasteiger partial charge in [0.2, 0.25) is 0 Å². The largest absolute Gasteiger partial charge is 0.465 e. The molecule has 0 aromatic heterocycles. The van der Waals surface area contributed by atoms with Crippen molar-refractivity contribution in [2.75, 3.05) is 12.4 Å². The van der Waals surface area contributed by atoms with Crippen molar-refractivity contribution in [3.05, 3.63) is 76.9 Å². The van der Waals surface area contributed by atoms with Crippen LogP contribution in [0.3, 0.4) is 0 Å². The summed E-state index contributed by atoms with van der Waals surface area (Å²) in [7, 11) is 1.43. The third-order valence-electron chi connectivity index (χ3n) is 5.75. The number of esters is 1. The topological polar surface area (TPSA) is 38.3 Å². The lowest BCUT2D eigenvalue weighted by Gasteiger charge is -2.37. The number of hydrogen-bond acceptors (Lipinski definition) is 3. The van der Waals surface area contributed by atoms with Crippen LogP contribution in [-0.4, -0.2) is 13.1 Å². The molecule has 1 aliphatic carbocycles. The molecule has 0 radical (unpaired) electrons. The van der Waals surface area contributed by atoms with Gasteiger partial charge < -0.3 is 10.1 Å². The number of fused-ring (bicyclic) bond motifs is 3. The Bertz CT molecular complexity index is 851. The van der Waals surface area contributed by atoms with E-state index in [1.165, 1.54) is 23.8 Å². The fourth-order valence-corrected chi connectivity index (χ4v) is 4.26. The first-order valence-corrected chi connectivity index (χ1v) is 9.34. The Balaban J connectivity index is 1.70. The van der Waals surface area contributed by atoms with E-state index in [-0.39, 0.29) is 12.0 Å². The summed E-state index contributed by atoms with van der Waals surface area (Å²) in [6.07, 6.45) is 5.61. The van der Waals surface area contributed by atoms with Crippen molar-refractivity contribution in [2.24, 2.45) is 5.92 Å². The monoisotopic (exact) mass is 347 g/mol. The number of carbonyl (C=O) groups is 1. The zero-order valence-corrected chi connectivity index (χ0v) is 15.5. The van der Waals surface area contributed by atoms with Crippen LogP contribution in [0.25, 0.3) is 0 Å². The van der Waals surface area contributed by atoms with Crippen molar-refractivity contribution < 1.29 is 9.53 Å². The van der Waals surface area contributed by atoms with Crippen LogP contribution >= 0.6 is 0 Å². The summed E-state index contributed by atoms with van der Waals surface area (Å²) in [6, 6.07) is 15.1. The van der Waals surface area contributed by atoms with Gasteiger partial charge in [0, 0.05) is 11.6 Å². The Morgan fingerprint density at radius 1 is 1.15 bits per heavy atom. The second-order valence-corrected chi connectivity index (χ2v) is 7.59. The van der Waals surface area contributed by atoms with Crippen LogP contribution in [0.4, 0.5) is 5.69 Å². The number of anilines is 1. The van der Waals surface area contributed by atoms with Gasteiger partial charge in [-0.1, -0.05) is 50.3 Å². The maximum absolute atomic E-state index is 11.9. The minimum atomic E-state index is -0.280. The molecule has 3 unspecified atom stereocenters. The minimum absolute atomic E-state index is 0.280. The molecule has 2 aromatic rings. The van der Waals surface area contributed by atoms with Crippen LogP contribution in [0.15, 0.2) is 54.6 Å². The molecule has 4 rings (SSSR count). The second kappa shape index (κ2) is 6.64. The van der Waals surface area contributed by atoms with Crippen molar-refractivity contribution in [2.45, 2.75) is 38.1 Å². The summed E-state index contributed by atoms with van der Waals surface area (Å²) in [5.74, 6) is 1.07. The van der Waals surface area contributed by atoms with Gasteiger partial charge in [-0.25, -0.2) is 4.79 Å². The predicted molar refractivity (Wildman–Crippen MR) is 105 cm³/mol. The summed E-state index contributed by atoms with van der Waals surface area (Å²) in [4.78, 5) is 11.9. The molecule has 0 saturated carbocycles. The van der Waals surface area contributed by atoms with E-state index in [1.807, 2.05) is 18.2 Å². The highest BCUT2D eigenvalue weighted by molar-refractivity contribution is 5.90. The van der Waals surface area contributed by atoms with Crippen LogP contribution in [0, 0.1) is 5.92 Å². The molecular formula is C23H25NO2. The van der Waals surface area contributed by atoms with Crippen molar-refractivity contribution in [3.8, 4) is 0 Å². The van der Waals surface area contributed by atoms with E-state index in [9.17, 15) is 4.79 Å². The summed E-state index contributed by atoms with van der Waals surface area (Å²) in [5.41, 5.74) is 5.63. The van der Waals surface area contributed by atoms with Crippen LogP contribution in [0.2, 0.25) is 0 Å². The standard InChI is InChI=1S/C23H25NO2/c1-14(2)15-7-9-16(10-8-15)22-19-6-4-5-18(19)20-13-17(23(25)26-3)11-12-21(20)24-22/h4-5,7-14,18-19,22,24H,6H2,1-3H3. The maximum atomic E-state index is 11.9. The number of hydrogen-bond donors (Lipinski definition) is 1. The van der Waals surface area contributed by atoms with Gasteiger partial charge in [-0.15, -0.1) is 0 Å². The minimum Gasteiger partial charge on any atom is -0.465 e. The number of methoxy groups -OCH3 is 1. The Morgan fingerprint density at radius 3 is 2.62 bits per heavy atom. The number of allylic oxidation sites excluding steroid dienone is 2. The Hall–Kier alpha value is -2.55. The third kappa shape index (κ3) is 2.82. The first kappa shape index (κ1) is 16.9. The molecule has 1 N–H and O–H groups in total. The van der Waals surface area contributed by atoms with Crippen molar-refractivity contribution in [3.63, 3.8) is 0 Å². The predicted octanol–water partition coefficient (Wildman–Crippen LogP) is 5.42. The zero-order valence-electron chi connectivity index (χ0n) is 15.5. The summed E-state index contributed by atoms with van der Waals surface area (Å²) >= 11 is 0. The van der Waals surface area contributed by atoms with Crippen LogP contribution in [0.1, 0.15) is 65.2 Å². The Morgan fingerprint density at radius 2 is 1.92 bits per heavy atom. The molecule has 1 aliphatic heterocycles. The normalized spacial score (nSPS) is 23.3. The lowest BCUT2D eigenvalue weighted by Crippen LogP contribution is -2.29. The van der Waals surface area contributed by atoms with E-state index < -0.39 is 0 Å². The summed E-state index contributed by atoms with van der Waals surface area (Å²) < 4.78 is 4.88. The van der Waals surface area contributed by atoms with E-state index in [0.29, 0.717) is 23.3 Å². The van der Waals surface area contributed by atoms with Crippen molar-refractivity contribution in [1.82, 2.24) is 0 Å². The average molecular weight is 347 g/mol. The molecule has 0 spiro atoms. The van der Waals surface area contributed by atoms with E-state index in [4.69, 9.17) is 4.74 Å². The molecule has 0 saturated heterocycles. The van der Waals surface area contributed by atoms with Gasteiger partial charge in [0.25, 0.3) is 0 Å². The Kier molecular flexibility index (Phi) is 4.31. The molecule has 134 valence electrons. The fourth-order valence-electron chi connectivity index (χ4n) is 4.26. The highest BCUT2D eigenvalue weighted by atomic mass is 16.5. The smallest absolute Gasteiger partial charge is 0.337 e. The lowest BCUT2D eigenvalue weighted by atomic mass is 9.76. The fraction of sp³-hybridized carbons (Fsp3) is 0.348. The quantitative estimate of drug-likeness (QED) is 0.595. The van der Waals surface area contributed by atoms with Gasteiger partial charge in [-0.05, 0) is 53.1 Å². The molecule has 3 heteroatoms. The van der Waals surface area contributed by atoms with Gasteiger partial charge >= 0.3 is 5.97 Å². The van der Waals surface area contributed by atoms with Gasteiger partial charge in [-0.2, -0.15) is 0 Å². The summed E-state index contributed by atoms with van der Waals surface area (Å²) in [5, 5.41) is 3.73. The summed E-state index contributed by atoms with van der Waals surface area (Å²) in [6.45, 7) is 4.44. The van der Waals surface area contributed by atoms with Crippen LogP contribution in [0.5, 0.6) is 0 Å². The van der Waals surface area contributed by atoms with E-state index in [2.05, 4.69) is 55.6 Å². The molecule has 1 heterocycles. The molecule has 0 amide bonds. The number of nitrogens with one attached hydrogen (secondary N) is 1. The average Bonchev–Trinajstić information content (AvgIpc) is 3.16. The Labute approximate surface area is 155 Å². The molecular weight excluding hydrogens is 322 g/mol. The maximum Gasteiger partial charge on any atom is 0.337 e. The second-order valence-electron chi connectivity index (χ2n) is 7.59. The van der Waals surface area contributed by atoms with Crippen molar-refractivity contribution >= 4 is 11.7 Å². The molecule has 2 aromatic carbocycles. The molecule has 0 bridgehead atoms. The van der Waals surface area contributed by atoms with Gasteiger partial charge in [0.15, 0.2) is 0 Å². The number of carbonyl (C=O) groups excluding carboxylic acids is 1. The van der Waals surface area contributed by atoms with Crippen molar-refractivity contribution in [1.29, 1.82) is 0 Å². The van der Waals surface area contributed by atoms with E-state index in [0.717, 1.165) is 12.1 Å². The molecule has 26 heavy (non-hydrogen) atoms. The number of benzene rings is 2. The van der Waals surface area contributed by atoms with Gasteiger partial charge in [0.05, 0.1) is 18.7 Å².